The maximum atomic E-state index is 5.84. The van der Waals surface area contributed by atoms with Gasteiger partial charge in [0.2, 0.25) is 0 Å². The third-order valence-corrected chi connectivity index (χ3v) is 3.88. The number of hydrogen-bond acceptors (Lipinski definition) is 3. The minimum atomic E-state index is 0.413. The van der Waals surface area contributed by atoms with Crippen LogP contribution in [0.1, 0.15) is 26.3 Å². The highest BCUT2D eigenvalue weighted by molar-refractivity contribution is 5.47. The summed E-state index contributed by atoms with van der Waals surface area (Å²) in [5, 5.41) is 0. The van der Waals surface area contributed by atoms with Crippen molar-refractivity contribution in [1.82, 2.24) is 4.90 Å². The van der Waals surface area contributed by atoms with Gasteiger partial charge in [0.1, 0.15) is 5.75 Å². The summed E-state index contributed by atoms with van der Waals surface area (Å²) >= 11 is 0. The monoisotopic (exact) mass is 248 g/mol. The minimum Gasteiger partial charge on any atom is -0.496 e. The highest BCUT2D eigenvalue weighted by Crippen LogP contribution is 2.35. The minimum absolute atomic E-state index is 0.413. The molecule has 1 fully saturated rings. The molecule has 18 heavy (non-hydrogen) atoms. The number of ether oxygens (including phenoxy) is 1. The van der Waals surface area contributed by atoms with Crippen LogP contribution >= 0.6 is 0 Å². The van der Waals surface area contributed by atoms with Crippen LogP contribution in [-0.4, -0.2) is 25.1 Å². The van der Waals surface area contributed by atoms with Crippen molar-refractivity contribution in [3.05, 3.63) is 23.8 Å². The highest BCUT2D eigenvalue weighted by Gasteiger charge is 2.35. The number of anilines is 1. The summed E-state index contributed by atoms with van der Waals surface area (Å²) < 4.78 is 5.38. The lowest BCUT2D eigenvalue weighted by Crippen LogP contribution is -2.51. The van der Waals surface area contributed by atoms with Crippen molar-refractivity contribution < 1.29 is 4.74 Å². The lowest BCUT2D eigenvalue weighted by molar-refractivity contribution is 0.0185. The first-order valence-electron chi connectivity index (χ1n) is 6.55. The van der Waals surface area contributed by atoms with Crippen LogP contribution in [0.3, 0.4) is 0 Å². The number of nitrogens with zero attached hydrogens (tertiary/aromatic N) is 1. The van der Waals surface area contributed by atoms with Crippen LogP contribution in [0, 0.1) is 11.3 Å². The van der Waals surface area contributed by atoms with E-state index in [4.69, 9.17) is 10.5 Å². The summed E-state index contributed by atoms with van der Waals surface area (Å²) in [6.07, 6.45) is 0. The molecule has 0 amide bonds. The van der Waals surface area contributed by atoms with Crippen LogP contribution in [-0.2, 0) is 6.54 Å². The lowest BCUT2D eigenvalue weighted by atomic mass is 9.76. The Morgan fingerprint density at radius 1 is 1.33 bits per heavy atom. The van der Waals surface area contributed by atoms with Gasteiger partial charge in [0, 0.05) is 30.9 Å². The average molecular weight is 248 g/mol. The van der Waals surface area contributed by atoms with E-state index in [9.17, 15) is 0 Å². The largest absolute Gasteiger partial charge is 0.496 e. The maximum Gasteiger partial charge on any atom is 0.123 e. The summed E-state index contributed by atoms with van der Waals surface area (Å²) in [5.74, 6) is 1.73. The smallest absolute Gasteiger partial charge is 0.123 e. The number of likely N-dealkylation sites (tertiary alicyclic amines) is 1. The lowest BCUT2D eigenvalue weighted by Gasteiger charge is -2.46. The Hall–Kier alpha value is -1.22. The Balaban J connectivity index is 1.98. The van der Waals surface area contributed by atoms with Crippen molar-refractivity contribution in [2.45, 2.75) is 27.3 Å². The molecule has 1 aliphatic rings. The molecule has 0 saturated carbocycles. The van der Waals surface area contributed by atoms with Crippen molar-refractivity contribution in [3.8, 4) is 5.75 Å². The Bertz CT molecular complexity index is 417. The zero-order valence-corrected chi connectivity index (χ0v) is 11.9. The normalized spacial score (nSPS) is 17.6. The molecule has 1 aromatic carbocycles. The van der Waals surface area contributed by atoms with Crippen LogP contribution in [0.25, 0.3) is 0 Å². The summed E-state index contributed by atoms with van der Waals surface area (Å²) in [6, 6.07) is 5.85. The van der Waals surface area contributed by atoms with Gasteiger partial charge in [-0.15, -0.1) is 0 Å². The van der Waals surface area contributed by atoms with Crippen molar-refractivity contribution in [2.24, 2.45) is 11.3 Å². The first kappa shape index (κ1) is 13.2. The molecule has 0 radical (unpaired) electrons. The van der Waals surface area contributed by atoms with Crippen LogP contribution in [0.5, 0.6) is 5.75 Å². The number of nitrogen functional groups attached to an aromatic ring is 1. The molecular weight excluding hydrogens is 224 g/mol. The molecule has 2 N–H and O–H groups in total. The number of methoxy groups -OCH3 is 1. The molecule has 1 heterocycles. The van der Waals surface area contributed by atoms with Crippen LogP contribution in [0.2, 0.25) is 0 Å². The molecule has 100 valence electrons. The van der Waals surface area contributed by atoms with E-state index in [2.05, 4.69) is 25.7 Å². The molecular formula is C15H24N2O. The van der Waals surface area contributed by atoms with Gasteiger partial charge in [-0.2, -0.15) is 0 Å². The van der Waals surface area contributed by atoms with E-state index >= 15 is 0 Å². The second-order valence-corrected chi connectivity index (χ2v) is 6.33. The predicted molar refractivity (Wildman–Crippen MR) is 75.6 cm³/mol. The summed E-state index contributed by atoms with van der Waals surface area (Å²) in [5.41, 5.74) is 8.24. The van der Waals surface area contributed by atoms with Gasteiger partial charge in [0.05, 0.1) is 7.11 Å². The molecule has 0 bridgehead atoms. The summed E-state index contributed by atoms with van der Waals surface area (Å²) in [6.45, 7) is 10.2. The fourth-order valence-electron chi connectivity index (χ4n) is 2.41. The van der Waals surface area contributed by atoms with Gasteiger partial charge < -0.3 is 10.5 Å². The zero-order valence-electron chi connectivity index (χ0n) is 11.9. The summed E-state index contributed by atoms with van der Waals surface area (Å²) in [7, 11) is 1.71. The maximum absolute atomic E-state index is 5.84. The van der Waals surface area contributed by atoms with Gasteiger partial charge in [0.25, 0.3) is 0 Å². The van der Waals surface area contributed by atoms with E-state index < -0.39 is 0 Å². The van der Waals surface area contributed by atoms with Gasteiger partial charge in [0.15, 0.2) is 0 Å². The van der Waals surface area contributed by atoms with E-state index in [0.29, 0.717) is 5.41 Å². The molecule has 0 unspecified atom stereocenters. The molecule has 1 aliphatic heterocycles. The Morgan fingerprint density at radius 2 is 2.00 bits per heavy atom. The predicted octanol–water partition coefficient (Wildman–Crippen LogP) is 2.76. The fraction of sp³-hybridized carbons (Fsp3) is 0.600. The Labute approximate surface area is 110 Å². The van der Waals surface area contributed by atoms with Gasteiger partial charge >= 0.3 is 0 Å². The Morgan fingerprint density at radius 3 is 2.56 bits per heavy atom. The molecule has 2 rings (SSSR count). The second kappa shape index (κ2) is 4.81. The first-order chi connectivity index (χ1) is 8.40. The van der Waals surface area contributed by atoms with Crippen molar-refractivity contribution in [1.29, 1.82) is 0 Å². The molecule has 0 spiro atoms. The third-order valence-electron chi connectivity index (χ3n) is 3.88. The highest BCUT2D eigenvalue weighted by atomic mass is 16.5. The molecule has 1 saturated heterocycles. The van der Waals surface area contributed by atoms with Crippen LogP contribution in [0.4, 0.5) is 5.69 Å². The molecule has 0 aliphatic carbocycles. The quantitative estimate of drug-likeness (QED) is 0.836. The van der Waals surface area contributed by atoms with E-state index in [1.807, 2.05) is 18.2 Å². The zero-order chi connectivity index (χ0) is 13.3. The summed E-state index contributed by atoms with van der Waals surface area (Å²) in [4.78, 5) is 2.45. The molecule has 0 aromatic heterocycles. The number of nitrogens with two attached hydrogens (primary N) is 1. The van der Waals surface area contributed by atoms with Gasteiger partial charge in [-0.25, -0.2) is 0 Å². The molecule has 3 nitrogen and oxygen atoms in total. The van der Waals surface area contributed by atoms with Crippen molar-refractivity contribution >= 4 is 5.69 Å². The van der Waals surface area contributed by atoms with E-state index in [1.54, 1.807) is 7.11 Å². The fourth-order valence-corrected chi connectivity index (χ4v) is 2.41. The number of benzene rings is 1. The van der Waals surface area contributed by atoms with Crippen molar-refractivity contribution in [2.75, 3.05) is 25.9 Å². The third kappa shape index (κ3) is 2.78. The molecule has 3 heteroatoms. The standard InChI is InChI=1S/C15H24N2O/c1-15(2,3)12-9-17(10-12)8-11-7-13(16)5-6-14(11)18-4/h5-7,12H,8-10,16H2,1-4H3. The average Bonchev–Trinajstić information content (AvgIpc) is 2.21. The van der Waals surface area contributed by atoms with Gasteiger partial charge in [-0.05, 0) is 29.5 Å². The second-order valence-electron chi connectivity index (χ2n) is 6.33. The number of hydrogen-bond donors (Lipinski definition) is 1. The number of rotatable bonds is 3. The van der Waals surface area contributed by atoms with Crippen molar-refractivity contribution in [3.63, 3.8) is 0 Å². The molecule has 1 aromatic rings. The first-order valence-corrected chi connectivity index (χ1v) is 6.55. The SMILES string of the molecule is COc1ccc(N)cc1CN1CC(C(C)(C)C)C1. The van der Waals surface area contributed by atoms with E-state index in [0.717, 1.165) is 23.9 Å². The van der Waals surface area contributed by atoms with Gasteiger partial charge in [-0.1, -0.05) is 20.8 Å². The van der Waals surface area contributed by atoms with Crippen LogP contribution in [0.15, 0.2) is 18.2 Å². The van der Waals surface area contributed by atoms with E-state index in [-0.39, 0.29) is 0 Å². The Kier molecular flexibility index (Phi) is 3.53. The van der Waals surface area contributed by atoms with Gasteiger partial charge in [-0.3, -0.25) is 4.90 Å². The molecule has 0 atom stereocenters. The van der Waals surface area contributed by atoms with E-state index in [1.165, 1.54) is 18.7 Å². The topological polar surface area (TPSA) is 38.5 Å². The van der Waals surface area contributed by atoms with Crippen LogP contribution < -0.4 is 10.5 Å².